The Kier molecular flexibility index (Phi) is 7.11. The number of benzene rings is 2. The van der Waals surface area contributed by atoms with Gasteiger partial charge in [0.25, 0.3) is 10.0 Å². The molecule has 0 radical (unpaired) electrons. The Bertz CT molecular complexity index is 1120. The molecule has 2 N–H and O–H groups in total. The number of carboxylic acid groups (broad SMARTS) is 1. The number of carboxylic acids is 1. The summed E-state index contributed by atoms with van der Waals surface area (Å²) >= 11 is 0. The van der Waals surface area contributed by atoms with E-state index in [1.807, 2.05) is 0 Å². The highest BCUT2D eigenvalue weighted by molar-refractivity contribution is 7.92. The summed E-state index contributed by atoms with van der Waals surface area (Å²) in [5.74, 6) is -1.17. The van der Waals surface area contributed by atoms with Crippen molar-refractivity contribution < 1.29 is 26.7 Å². The van der Waals surface area contributed by atoms with Gasteiger partial charge in [-0.1, -0.05) is 13.8 Å². The first-order valence-electron chi connectivity index (χ1n) is 9.11. The fraction of sp³-hybridized carbons (Fsp3) is 0.316. The second-order valence-electron chi connectivity index (χ2n) is 6.60. The van der Waals surface area contributed by atoms with Gasteiger partial charge in [0.2, 0.25) is 10.0 Å². The first-order valence-corrected chi connectivity index (χ1v) is 12.0. The van der Waals surface area contributed by atoms with Crippen LogP contribution in [0, 0.1) is 0 Å². The standard InChI is InChI=1S/C19H25N3O6S2/c1-5-22(6-2)30(27,28)16-11-12-18(21(3)4)17(13-16)20-29(25,26)15-9-7-14(8-10-15)19(23)24/h7-13,20H,5-6H2,1-4H3,(H,23,24). The Morgan fingerprint density at radius 3 is 1.93 bits per heavy atom. The van der Waals surface area contributed by atoms with Crippen molar-refractivity contribution in [3.8, 4) is 0 Å². The van der Waals surface area contributed by atoms with Gasteiger partial charge in [-0.2, -0.15) is 4.31 Å². The number of rotatable bonds is 9. The Hall–Kier alpha value is -2.63. The topological polar surface area (TPSA) is 124 Å². The quantitative estimate of drug-likeness (QED) is 0.594. The maximum atomic E-state index is 12.8. The molecular weight excluding hydrogens is 430 g/mol. The van der Waals surface area contributed by atoms with Crippen LogP contribution in [0.1, 0.15) is 24.2 Å². The molecular formula is C19H25N3O6S2. The SMILES string of the molecule is CCN(CC)S(=O)(=O)c1ccc(N(C)C)c(NS(=O)(=O)c2ccc(C(=O)O)cc2)c1. The van der Waals surface area contributed by atoms with E-state index in [1.165, 1.54) is 46.8 Å². The summed E-state index contributed by atoms with van der Waals surface area (Å²) in [4.78, 5) is 12.5. The Morgan fingerprint density at radius 2 is 1.47 bits per heavy atom. The van der Waals surface area contributed by atoms with E-state index in [1.54, 1.807) is 32.8 Å². The number of hydrogen-bond acceptors (Lipinski definition) is 6. The molecule has 0 saturated carbocycles. The second-order valence-corrected chi connectivity index (χ2v) is 10.2. The lowest BCUT2D eigenvalue weighted by molar-refractivity contribution is 0.0696. The number of nitrogens with one attached hydrogen (secondary N) is 1. The number of carbonyl (C=O) groups is 1. The molecule has 2 aromatic carbocycles. The maximum Gasteiger partial charge on any atom is 0.335 e. The van der Waals surface area contributed by atoms with Gasteiger partial charge < -0.3 is 10.0 Å². The summed E-state index contributed by atoms with van der Waals surface area (Å²) < 4.78 is 55.0. The zero-order chi connectivity index (χ0) is 22.7. The lowest BCUT2D eigenvalue weighted by Crippen LogP contribution is -2.30. The van der Waals surface area contributed by atoms with Crippen LogP contribution in [0.2, 0.25) is 0 Å². The van der Waals surface area contributed by atoms with Crippen molar-refractivity contribution in [3.63, 3.8) is 0 Å². The van der Waals surface area contributed by atoms with Gasteiger partial charge in [0.05, 0.1) is 26.7 Å². The van der Waals surface area contributed by atoms with Crippen LogP contribution in [0.4, 0.5) is 11.4 Å². The monoisotopic (exact) mass is 455 g/mol. The van der Waals surface area contributed by atoms with Crippen molar-refractivity contribution in [2.75, 3.05) is 36.8 Å². The Balaban J connectivity index is 2.52. The summed E-state index contributed by atoms with van der Waals surface area (Å²) in [7, 11) is -4.47. The molecule has 30 heavy (non-hydrogen) atoms. The minimum atomic E-state index is -4.08. The van der Waals surface area contributed by atoms with E-state index >= 15 is 0 Å². The van der Waals surface area contributed by atoms with E-state index in [9.17, 15) is 21.6 Å². The van der Waals surface area contributed by atoms with Crippen molar-refractivity contribution in [2.45, 2.75) is 23.6 Å². The fourth-order valence-electron chi connectivity index (χ4n) is 2.84. The third kappa shape index (κ3) is 4.91. The van der Waals surface area contributed by atoms with E-state index in [0.717, 1.165) is 0 Å². The molecule has 0 amide bonds. The van der Waals surface area contributed by atoms with Crippen LogP contribution in [-0.2, 0) is 20.0 Å². The van der Waals surface area contributed by atoms with Crippen molar-refractivity contribution >= 4 is 37.4 Å². The van der Waals surface area contributed by atoms with Crippen LogP contribution in [0.5, 0.6) is 0 Å². The molecule has 0 fully saturated rings. The van der Waals surface area contributed by atoms with Crippen LogP contribution in [0.15, 0.2) is 52.3 Å². The molecule has 0 bridgehead atoms. The van der Waals surface area contributed by atoms with Crippen molar-refractivity contribution in [3.05, 3.63) is 48.0 Å². The van der Waals surface area contributed by atoms with Gasteiger partial charge in [-0.05, 0) is 42.5 Å². The molecule has 0 spiro atoms. The third-order valence-electron chi connectivity index (χ3n) is 4.45. The predicted molar refractivity (Wildman–Crippen MR) is 115 cm³/mol. The van der Waals surface area contributed by atoms with Gasteiger partial charge in [-0.15, -0.1) is 0 Å². The summed E-state index contributed by atoms with van der Waals surface area (Å²) in [5.41, 5.74) is 0.519. The fourth-order valence-corrected chi connectivity index (χ4v) is 5.39. The molecule has 0 aliphatic rings. The Morgan fingerprint density at radius 1 is 0.933 bits per heavy atom. The normalized spacial score (nSPS) is 12.0. The van der Waals surface area contributed by atoms with E-state index < -0.39 is 26.0 Å². The average Bonchev–Trinajstić information content (AvgIpc) is 2.68. The maximum absolute atomic E-state index is 12.8. The molecule has 11 heteroatoms. The van der Waals surface area contributed by atoms with Crippen molar-refractivity contribution in [1.82, 2.24) is 4.31 Å². The number of sulfonamides is 2. The van der Waals surface area contributed by atoms with E-state index in [4.69, 9.17) is 5.11 Å². The number of aromatic carboxylic acids is 1. The first-order chi connectivity index (χ1) is 13.9. The predicted octanol–water partition coefficient (Wildman–Crippen LogP) is 2.28. The highest BCUT2D eigenvalue weighted by atomic mass is 32.2. The van der Waals surface area contributed by atoms with E-state index in [2.05, 4.69) is 4.72 Å². The van der Waals surface area contributed by atoms with Gasteiger partial charge in [0.15, 0.2) is 0 Å². The number of anilines is 2. The van der Waals surface area contributed by atoms with Gasteiger partial charge >= 0.3 is 5.97 Å². The smallest absolute Gasteiger partial charge is 0.335 e. The third-order valence-corrected chi connectivity index (χ3v) is 7.88. The zero-order valence-corrected chi connectivity index (χ0v) is 18.8. The summed E-state index contributed by atoms with van der Waals surface area (Å²) in [5, 5.41) is 8.97. The largest absolute Gasteiger partial charge is 0.478 e. The number of nitrogens with zero attached hydrogens (tertiary/aromatic N) is 2. The molecule has 0 unspecified atom stereocenters. The highest BCUT2D eigenvalue weighted by Gasteiger charge is 2.24. The van der Waals surface area contributed by atoms with Crippen LogP contribution in [-0.4, -0.2) is 59.4 Å². The van der Waals surface area contributed by atoms with Gasteiger partial charge in [0.1, 0.15) is 0 Å². The van der Waals surface area contributed by atoms with Crippen molar-refractivity contribution in [2.24, 2.45) is 0 Å². The lowest BCUT2D eigenvalue weighted by Gasteiger charge is -2.22. The summed E-state index contributed by atoms with van der Waals surface area (Å²) in [6.45, 7) is 4.01. The minimum absolute atomic E-state index is 0.0317. The second kappa shape index (κ2) is 9.02. The summed E-state index contributed by atoms with van der Waals surface area (Å²) in [6, 6.07) is 8.97. The number of hydrogen-bond donors (Lipinski definition) is 2. The summed E-state index contributed by atoms with van der Waals surface area (Å²) in [6.07, 6.45) is 0. The molecule has 0 heterocycles. The average molecular weight is 456 g/mol. The van der Waals surface area contributed by atoms with Gasteiger partial charge in [0, 0.05) is 27.2 Å². The molecule has 2 rings (SSSR count). The molecule has 0 aliphatic carbocycles. The first kappa shape index (κ1) is 23.6. The zero-order valence-electron chi connectivity index (χ0n) is 17.2. The molecule has 0 aromatic heterocycles. The Labute approximate surface area is 177 Å². The molecule has 0 saturated heterocycles. The van der Waals surface area contributed by atoms with E-state index in [-0.39, 0.29) is 34.1 Å². The van der Waals surface area contributed by atoms with Gasteiger partial charge in [-0.25, -0.2) is 21.6 Å². The molecule has 9 nitrogen and oxygen atoms in total. The van der Waals surface area contributed by atoms with Crippen LogP contribution in [0.3, 0.4) is 0 Å². The highest BCUT2D eigenvalue weighted by Crippen LogP contribution is 2.31. The molecule has 164 valence electrons. The van der Waals surface area contributed by atoms with Gasteiger partial charge in [-0.3, -0.25) is 4.72 Å². The molecule has 0 aliphatic heterocycles. The van der Waals surface area contributed by atoms with Crippen molar-refractivity contribution in [1.29, 1.82) is 0 Å². The molecule has 2 aromatic rings. The van der Waals surface area contributed by atoms with E-state index in [0.29, 0.717) is 5.69 Å². The van der Waals surface area contributed by atoms with Crippen LogP contribution >= 0.6 is 0 Å². The van der Waals surface area contributed by atoms with Crippen LogP contribution < -0.4 is 9.62 Å². The minimum Gasteiger partial charge on any atom is -0.478 e. The lowest BCUT2D eigenvalue weighted by atomic mass is 10.2. The van der Waals surface area contributed by atoms with Crippen LogP contribution in [0.25, 0.3) is 0 Å². The molecule has 0 atom stereocenters.